The van der Waals surface area contributed by atoms with Crippen LogP contribution in [0, 0.1) is 5.82 Å². The maximum atomic E-state index is 13.4. The molecule has 0 fully saturated rings. The van der Waals surface area contributed by atoms with Crippen LogP contribution in [0.4, 0.5) is 10.1 Å². The summed E-state index contributed by atoms with van der Waals surface area (Å²) in [5.41, 5.74) is 0.454. The molecule has 0 bridgehead atoms. The number of carbonyl (C=O) groups is 1. The zero-order valence-corrected chi connectivity index (χ0v) is 15.6. The van der Waals surface area contributed by atoms with E-state index in [0.29, 0.717) is 12.3 Å². The molecule has 8 heteroatoms. The van der Waals surface area contributed by atoms with E-state index in [1.807, 2.05) is 0 Å². The SMILES string of the molecule is CCOc1cc(F)ccc1NC(=O)c1cccc(S(=O)(=O)NC(C)C)c1. The van der Waals surface area contributed by atoms with Gasteiger partial charge in [-0.2, -0.15) is 0 Å². The minimum Gasteiger partial charge on any atom is -0.492 e. The lowest BCUT2D eigenvalue weighted by Crippen LogP contribution is -2.30. The molecule has 2 rings (SSSR count). The van der Waals surface area contributed by atoms with Gasteiger partial charge in [0.05, 0.1) is 17.2 Å². The van der Waals surface area contributed by atoms with E-state index in [0.717, 1.165) is 0 Å². The summed E-state index contributed by atoms with van der Waals surface area (Å²) in [6.45, 7) is 5.46. The zero-order valence-electron chi connectivity index (χ0n) is 14.7. The monoisotopic (exact) mass is 380 g/mol. The van der Waals surface area contributed by atoms with Crippen LogP contribution in [0.2, 0.25) is 0 Å². The van der Waals surface area contributed by atoms with E-state index in [9.17, 15) is 17.6 Å². The molecule has 2 aromatic rings. The average Bonchev–Trinajstić information content (AvgIpc) is 2.56. The van der Waals surface area contributed by atoms with E-state index >= 15 is 0 Å². The molecule has 0 heterocycles. The maximum absolute atomic E-state index is 13.4. The van der Waals surface area contributed by atoms with Crippen molar-refractivity contribution >= 4 is 21.6 Å². The second kappa shape index (κ2) is 8.29. The molecule has 0 aliphatic rings. The zero-order chi connectivity index (χ0) is 19.3. The van der Waals surface area contributed by atoms with Crippen molar-refractivity contribution in [2.75, 3.05) is 11.9 Å². The summed E-state index contributed by atoms with van der Waals surface area (Å²) in [6, 6.07) is 9.16. The fraction of sp³-hybridized carbons (Fsp3) is 0.278. The molecule has 2 N–H and O–H groups in total. The van der Waals surface area contributed by atoms with Gasteiger partial charge in [0.15, 0.2) is 0 Å². The summed E-state index contributed by atoms with van der Waals surface area (Å²) in [4.78, 5) is 12.5. The van der Waals surface area contributed by atoms with Crippen LogP contribution in [0.25, 0.3) is 0 Å². The molecule has 0 spiro atoms. The number of hydrogen-bond acceptors (Lipinski definition) is 4. The van der Waals surface area contributed by atoms with Crippen molar-refractivity contribution < 1.29 is 22.3 Å². The minimum absolute atomic E-state index is 0.0111. The Morgan fingerprint density at radius 1 is 1.19 bits per heavy atom. The Balaban J connectivity index is 2.28. The van der Waals surface area contributed by atoms with E-state index < -0.39 is 21.7 Å². The Bertz CT molecular complexity index is 898. The van der Waals surface area contributed by atoms with Gasteiger partial charge in [-0.25, -0.2) is 17.5 Å². The summed E-state index contributed by atoms with van der Waals surface area (Å²) in [5, 5.41) is 2.61. The van der Waals surface area contributed by atoms with Crippen molar-refractivity contribution in [2.24, 2.45) is 0 Å². The van der Waals surface area contributed by atoms with E-state index in [2.05, 4.69) is 10.0 Å². The topological polar surface area (TPSA) is 84.5 Å². The summed E-state index contributed by atoms with van der Waals surface area (Å²) in [6.07, 6.45) is 0. The van der Waals surface area contributed by atoms with Gasteiger partial charge in [0.1, 0.15) is 11.6 Å². The molecule has 0 saturated heterocycles. The number of rotatable bonds is 7. The number of amides is 1. The van der Waals surface area contributed by atoms with E-state index in [-0.39, 0.29) is 22.3 Å². The molecular formula is C18H21FN2O4S. The Kier molecular flexibility index (Phi) is 6.33. The molecule has 0 saturated carbocycles. The smallest absolute Gasteiger partial charge is 0.255 e. The minimum atomic E-state index is -3.72. The first-order chi connectivity index (χ1) is 12.2. The molecule has 2 aromatic carbocycles. The van der Waals surface area contributed by atoms with Crippen molar-refractivity contribution in [3.63, 3.8) is 0 Å². The molecule has 0 aromatic heterocycles. The van der Waals surface area contributed by atoms with Crippen molar-refractivity contribution in [1.82, 2.24) is 4.72 Å². The lowest BCUT2D eigenvalue weighted by molar-refractivity contribution is 0.102. The van der Waals surface area contributed by atoms with Crippen LogP contribution in [0.1, 0.15) is 31.1 Å². The normalized spacial score (nSPS) is 11.4. The molecule has 0 aliphatic heterocycles. The average molecular weight is 380 g/mol. The largest absolute Gasteiger partial charge is 0.492 e. The van der Waals surface area contributed by atoms with Gasteiger partial charge in [-0.3, -0.25) is 4.79 Å². The lowest BCUT2D eigenvalue weighted by Gasteiger charge is -2.13. The van der Waals surface area contributed by atoms with Crippen molar-refractivity contribution in [2.45, 2.75) is 31.7 Å². The first kappa shape index (κ1) is 19.9. The van der Waals surface area contributed by atoms with E-state index in [1.54, 1.807) is 20.8 Å². The van der Waals surface area contributed by atoms with Crippen LogP contribution in [0.15, 0.2) is 47.4 Å². The predicted octanol–water partition coefficient (Wildman–Crippen LogP) is 3.16. The summed E-state index contributed by atoms with van der Waals surface area (Å²) >= 11 is 0. The number of anilines is 1. The third-order valence-electron chi connectivity index (χ3n) is 3.29. The Morgan fingerprint density at radius 3 is 2.58 bits per heavy atom. The quantitative estimate of drug-likeness (QED) is 0.773. The van der Waals surface area contributed by atoms with Gasteiger partial charge < -0.3 is 10.1 Å². The predicted molar refractivity (Wildman–Crippen MR) is 97.4 cm³/mol. The fourth-order valence-corrected chi connectivity index (χ4v) is 3.55. The van der Waals surface area contributed by atoms with Gasteiger partial charge in [0, 0.05) is 17.7 Å². The standard InChI is InChI=1S/C18H21FN2O4S/c1-4-25-17-11-14(19)8-9-16(17)20-18(22)13-6-5-7-15(10-13)26(23,24)21-12(2)3/h5-12,21H,4H2,1-3H3,(H,20,22). The Labute approximate surface area is 152 Å². The van der Waals surface area contributed by atoms with Crippen LogP contribution in [0.5, 0.6) is 5.75 Å². The maximum Gasteiger partial charge on any atom is 0.255 e. The Hall–Kier alpha value is -2.45. The van der Waals surface area contributed by atoms with Gasteiger partial charge in [0.25, 0.3) is 5.91 Å². The fourth-order valence-electron chi connectivity index (χ4n) is 2.25. The number of carbonyl (C=O) groups excluding carboxylic acids is 1. The molecule has 0 unspecified atom stereocenters. The van der Waals surface area contributed by atoms with Gasteiger partial charge in [0.2, 0.25) is 10.0 Å². The molecule has 6 nitrogen and oxygen atoms in total. The van der Waals surface area contributed by atoms with Gasteiger partial charge in [-0.15, -0.1) is 0 Å². The second-order valence-corrected chi connectivity index (χ2v) is 7.55. The van der Waals surface area contributed by atoms with Gasteiger partial charge >= 0.3 is 0 Å². The van der Waals surface area contributed by atoms with E-state index in [1.165, 1.54) is 42.5 Å². The van der Waals surface area contributed by atoms with Crippen LogP contribution in [-0.4, -0.2) is 27.0 Å². The molecule has 1 amide bonds. The third kappa shape index (κ3) is 5.03. The highest BCUT2D eigenvalue weighted by Crippen LogP contribution is 2.26. The molecule has 0 radical (unpaired) electrons. The summed E-state index contributed by atoms with van der Waals surface area (Å²) in [5.74, 6) is -0.815. The number of benzene rings is 2. The second-order valence-electron chi connectivity index (χ2n) is 5.83. The third-order valence-corrected chi connectivity index (χ3v) is 4.95. The highest BCUT2D eigenvalue weighted by molar-refractivity contribution is 7.89. The first-order valence-corrected chi connectivity index (χ1v) is 9.57. The van der Waals surface area contributed by atoms with Crippen LogP contribution < -0.4 is 14.8 Å². The number of nitrogens with one attached hydrogen (secondary N) is 2. The van der Waals surface area contributed by atoms with Crippen molar-refractivity contribution in [3.05, 3.63) is 53.8 Å². The van der Waals surface area contributed by atoms with Gasteiger partial charge in [-0.05, 0) is 51.1 Å². The first-order valence-electron chi connectivity index (χ1n) is 8.09. The highest BCUT2D eigenvalue weighted by atomic mass is 32.2. The van der Waals surface area contributed by atoms with Crippen molar-refractivity contribution in [3.8, 4) is 5.75 Å². The van der Waals surface area contributed by atoms with Crippen LogP contribution >= 0.6 is 0 Å². The molecule has 140 valence electrons. The molecule has 26 heavy (non-hydrogen) atoms. The number of halogens is 1. The van der Waals surface area contributed by atoms with E-state index in [4.69, 9.17) is 4.74 Å². The summed E-state index contributed by atoms with van der Waals surface area (Å²) < 4.78 is 45.6. The highest BCUT2D eigenvalue weighted by Gasteiger charge is 2.18. The van der Waals surface area contributed by atoms with Crippen LogP contribution in [0.3, 0.4) is 0 Å². The summed E-state index contributed by atoms with van der Waals surface area (Å²) in [7, 11) is -3.72. The Morgan fingerprint density at radius 2 is 1.92 bits per heavy atom. The number of ether oxygens (including phenoxy) is 1. The number of hydrogen-bond donors (Lipinski definition) is 2. The lowest BCUT2D eigenvalue weighted by atomic mass is 10.2. The molecule has 0 aliphatic carbocycles. The molecular weight excluding hydrogens is 359 g/mol. The van der Waals surface area contributed by atoms with Crippen molar-refractivity contribution in [1.29, 1.82) is 0 Å². The number of sulfonamides is 1. The molecule has 0 atom stereocenters. The van der Waals surface area contributed by atoms with Gasteiger partial charge in [-0.1, -0.05) is 6.07 Å². The van der Waals surface area contributed by atoms with Crippen LogP contribution in [-0.2, 0) is 10.0 Å².